The predicted molar refractivity (Wildman–Crippen MR) is 57.3 cm³/mol. The van der Waals surface area contributed by atoms with Gasteiger partial charge < -0.3 is 10.5 Å². The van der Waals surface area contributed by atoms with Crippen LogP contribution in [0.5, 0.6) is 5.75 Å². The average Bonchev–Trinajstić information content (AvgIpc) is 2.20. The summed E-state index contributed by atoms with van der Waals surface area (Å²) >= 11 is 5.80. The Kier molecular flexibility index (Phi) is 3.88. The SMILES string of the molecule is CC(CN)Oc1c(Cl)cccc1[N+](=O)[O-]. The third-order valence-corrected chi connectivity index (χ3v) is 2.09. The molecule has 0 aliphatic heterocycles. The minimum atomic E-state index is -0.537. The first kappa shape index (κ1) is 11.7. The van der Waals surface area contributed by atoms with Crippen molar-refractivity contribution >= 4 is 17.3 Å². The fraction of sp³-hybridized carbons (Fsp3) is 0.333. The number of ether oxygens (including phenoxy) is 1. The first-order valence-electron chi connectivity index (χ1n) is 4.36. The molecule has 0 spiro atoms. The highest BCUT2D eigenvalue weighted by molar-refractivity contribution is 6.32. The highest BCUT2D eigenvalue weighted by Crippen LogP contribution is 2.34. The third kappa shape index (κ3) is 2.81. The van der Waals surface area contributed by atoms with E-state index in [9.17, 15) is 10.1 Å². The van der Waals surface area contributed by atoms with E-state index in [1.165, 1.54) is 18.2 Å². The van der Waals surface area contributed by atoms with Crippen LogP contribution in [0.15, 0.2) is 18.2 Å². The molecule has 2 N–H and O–H groups in total. The number of nitro benzene ring substituents is 1. The van der Waals surface area contributed by atoms with Crippen molar-refractivity contribution < 1.29 is 9.66 Å². The summed E-state index contributed by atoms with van der Waals surface area (Å²) in [6, 6.07) is 4.37. The Morgan fingerprint density at radius 3 is 2.87 bits per heavy atom. The summed E-state index contributed by atoms with van der Waals surface area (Å²) in [5.41, 5.74) is 5.21. The molecule has 0 bridgehead atoms. The molecule has 6 heteroatoms. The van der Waals surface area contributed by atoms with E-state index in [4.69, 9.17) is 22.1 Å². The van der Waals surface area contributed by atoms with E-state index in [0.29, 0.717) is 0 Å². The molecule has 0 radical (unpaired) electrons. The van der Waals surface area contributed by atoms with Crippen LogP contribution in [0.1, 0.15) is 6.92 Å². The van der Waals surface area contributed by atoms with Crippen LogP contribution < -0.4 is 10.5 Å². The molecule has 0 fully saturated rings. The molecule has 1 aromatic rings. The third-order valence-electron chi connectivity index (χ3n) is 1.79. The number of hydrogen-bond donors (Lipinski definition) is 1. The summed E-state index contributed by atoms with van der Waals surface area (Å²) in [7, 11) is 0. The van der Waals surface area contributed by atoms with Gasteiger partial charge in [0.25, 0.3) is 0 Å². The number of rotatable bonds is 4. The molecular weight excluding hydrogens is 220 g/mol. The number of nitro groups is 1. The van der Waals surface area contributed by atoms with Crippen LogP contribution >= 0.6 is 11.6 Å². The van der Waals surface area contributed by atoms with Crippen LogP contribution in [-0.2, 0) is 0 Å². The van der Waals surface area contributed by atoms with Crippen LogP contribution in [0.4, 0.5) is 5.69 Å². The normalized spacial score (nSPS) is 12.2. The second-order valence-electron chi connectivity index (χ2n) is 3.01. The topological polar surface area (TPSA) is 78.4 Å². The van der Waals surface area contributed by atoms with Gasteiger partial charge in [-0.2, -0.15) is 0 Å². The largest absolute Gasteiger partial charge is 0.481 e. The fourth-order valence-corrected chi connectivity index (χ4v) is 1.22. The Hall–Kier alpha value is -1.33. The van der Waals surface area contributed by atoms with Crippen LogP contribution in [0.2, 0.25) is 5.02 Å². The van der Waals surface area contributed by atoms with Crippen LogP contribution in [0.25, 0.3) is 0 Å². The van der Waals surface area contributed by atoms with E-state index < -0.39 is 4.92 Å². The molecule has 82 valence electrons. The van der Waals surface area contributed by atoms with E-state index in [-0.39, 0.29) is 29.1 Å². The van der Waals surface area contributed by atoms with Crippen molar-refractivity contribution in [1.29, 1.82) is 0 Å². The lowest BCUT2D eigenvalue weighted by Crippen LogP contribution is -2.23. The van der Waals surface area contributed by atoms with Gasteiger partial charge in [0.15, 0.2) is 0 Å². The van der Waals surface area contributed by atoms with Gasteiger partial charge in [-0.25, -0.2) is 0 Å². The Morgan fingerprint density at radius 1 is 1.67 bits per heavy atom. The molecule has 0 saturated heterocycles. The quantitative estimate of drug-likeness (QED) is 0.634. The zero-order valence-corrected chi connectivity index (χ0v) is 8.90. The molecule has 0 aliphatic carbocycles. The molecule has 0 amide bonds. The average molecular weight is 231 g/mol. The lowest BCUT2D eigenvalue weighted by molar-refractivity contribution is -0.386. The first-order chi connectivity index (χ1) is 7.06. The molecule has 1 aromatic carbocycles. The minimum absolute atomic E-state index is 0.0714. The van der Waals surface area contributed by atoms with E-state index in [0.717, 1.165) is 0 Å². The molecule has 1 unspecified atom stereocenters. The second kappa shape index (κ2) is 4.95. The number of hydrogen-bond acceptors (Lipinski definition) is 4. The van der Waals surface area contributed by atoms with Gasteiger partial charge >= 0.3 is 5.69 Å². The number of para-hydroxylation sites is 1. The van der Waals surface area contributed by atoms with Crippen molar-refractivity contribution in [3.05, 3.63) is 33.3 Å². The molecular formula is C9H11ClN2O3. The predicted octanol–water partition coefficient (Wildman–Crippen LogP) is 1.97. The Bertz CT molecular complexity index is 370. The van der Waals surface area contributed by atoms with Crippen molar-refractivity contribution in [2.24, 2.45) is 5.73 Å². The molecule has 0 aromatic heterocycles. The lowest BCUT2D eigenvalue weighted by Gasteiger charge is -2.13. The van der Waals surface area contributed by atoms with Gasteiger partial charge in [-0.05, 0) is 13.0 Å². The lowest BCUT2D eigenvalue weighted by atomic mass is 10.3. The summed E-state index contributed by atoms with van der Waals surface area (Å²) in [6.07, 6.45) is -0.316. The smallest absolute Gasteiger partial charge is 0.312 e. The summed E-state index contributed by atoms with van der Waals surface area (Å²) in [4.78, 5) is 10.1. The first-order valence-corrected chi connectivity index (χ1v) is 4.73. The van der Waals surface area contributed by atoms with Gasteiger partial charge in [0.1, 0.15) is 6.10 Å². The van der Waals surface area contributed by atoms with Crippen LogP contribution in [0.3, 0.4) is 0 Å². The summed E-state index contributed by atoms with van der Waals surface area (Å²) in [5, 5.41) is 10.9. The monoisotopic (exact) mass is 230 g/mol. The summed E-state index contributed by atoms with van der Waals surface area (Å²) in [6.45, 7) is 1.98. The molecule has 0 aliphatic rings. The molecule has 5 nitrogen and oxygen atoms in total. The molecule has 15 heavy (non-hydrogen) atoms. The minimum Gasteiger partial charge on any atom is -0.481 e. The van der Waals surface area contributed by atoms with Gasteiger partial charge in [-0.3, -0.25) is 10.1 Å². The molecule has 0 saturated carbocycles. The highest BCUT2D eigenvalue weighted by atomic mass is 35.5. The molecule has 0 heterocycles. The summed E-state index contributed by atoms with van der Waals surface area (Å²) in [5.74, 6) is 0.0714. The van der Waals surface area contributed by atoms with Gasteiger partial charge in [0, 0.05) is 12.6 Å². The Balaban J connectivity index is 3.07. The van der Waals surface area contributed by atoms with Crippen molar-refractivity contribution in [3.63, 3.8) is 0 Å². The molecule has 1 rings (SSSR count). The zero-order chi connectivity index (χ0) is 11.4. The Labute approximate surface area is 91.9 Å². The zero-order valence-electron chi connectivity index (χ0n) is 8.14. The number of nitrogens with zero attached hydrogens (tertiary/aromatic N) is 1. The summed E-state index contributed by atoms with van der Waals surface area (Å²) < 4.78 is 5.29. The standard InChI is InChI=1S/C9H11ClN2O3/c1-6(5-11)15-9-7(10)3-2-4-8(9)12(13)14/h2-4,6H,5,11H2,1H3. The van der Waals surface area contributed by atoms with Crippen molar-refractivity contribution in [3.8, 4) is 5.75 Å². The maximum Gasteiger partial charge on any atom is 0.312 e. The van der Waals surface area contributed by atoms with Gasteiger partial charge in [0.05, 0.1) is 9.95 Å². The van der Waals surface area contributed by atoms with E-state index in [2.05, 4.69) is 0 Å². The van der Waals surface area contributed by atoms with E-state index in [1.54, 1.807) is 6.92 Å². The van der Waals surface area contributed by atoms with Crippen LogP contribution in [0, 0.1) is 10.1 Å². The highest BCUT2D eigenvalue weighted by Gasteiger charge is 2.19. The van der Waals surface area contributed by atoms with Gasteiger partial charge in [-0.1, -0.05) is 17.7 Å². The van der Waals surface area contributed by atoms with E-state index >= 15 is 0 Å². The second-order valence-corrected chi connectivity index (χ2v) is 3.42. The fourth-order valence-electron chi connectivity index (χ4n) is 1.01. The van der Waals surface area contributed by atoms with Crippen molar-refractivity contribution in [2.45, 2.75) is 13.0 Å². The van der Waals surface area contributed by atoms with Crippen molar-refractivity contribution in [1.82, 2.24) is 0 Å². The Morgan fingerprint density at radius 2 is 2.33 bits per heavy atom. The maximum atomic E-state index is 10.7. The number of nitrogens with two attached hydrogens (primary N) is 1. The number of halogens is 1. The maximum absolute atomic E-state index is 10.7. The van der Waals surface area contributed by atoms with Gasteiger partial charge in [0.2, 0.25) is 5.75 Å². The van der Waals surface area contributed by atoms with Crippen molar-refractivity contribution in [2.75, 3.05) is 6.54 Å². The molecule has 1 atom stereocenters. The van der Waals surface area contributed by atoms with E-state index in [1.807, 2.05) is 0 Å². The number of benzene rings is 1. The van der Waals surface area contributed by atoms with Gasteiger partial charge in [-0.15, -0.1) is 0 Å². The van der Waals surface area contributed by atoms with Crippen LogP contribution in [-0.4, -0.2) is 17.6 Å².